The van der Waals surface area contributed by atoms with Gasteiger partial charge < -0.3 is 14.7 Å². The van der Waals surface area contributed by atoms with Crippen molar-refractivity contribution in [2.24, 2.45) is 17.8 Å². The number of carbonyl (C=O) groups excluding carboxylic acids is 1. The zero-order chi connectivity index (χ0) is 13.8. The van der Waals surface area contributed by atoms with Gasteiger partial charge in [0.1, 0.15) is 6.61 Å². The maximum atomic E-state index is 11.8. The molecule has 1 heterocycles. The molecule has 0 unspecified atom stereocenters. The number of hydrogen-bond donors (Lipinski definition) is 1. The molecule has 106 valence electrons. The number of likely N-dealkylation sites (tertiary alicyclic amines) is 1. The first kappa shape index (κ1) is 13.9. The molecule has 1 amide bonds. The van der Waals surface area contributed by atoms with Gasteiger partial charge in [-0.25, -0.2) is 4.79 Å². The van der Waals surface area contributed by atoms with Crippen LogP contribution in [0, 0.1) is 17.8 Å². The van der Waals surface area contributed by atoms with Gasteiger partial charge in [0.15, 0.2) is 0 Å². The van der Waals surface area contributed by atoms with Crippen LogP contribution in [0.4, 0.5) is 4.79 Å². The minimum absolute atomic E-state index is 0.0799. The summed E-state index contributed by atoms with van der Waals surface area (Å²) in [5.41, 5.74) is 0. The molecule has 0 radical (unpaired) electrons. The SMILES string of the molecule is C=CCOC(=O)N1C[C@@H](C(=O)O)[C@H](C2CCCC2)C1. The van der Waals surface area contributed by atoms with Crippen molar-refractivity contribution in [2.75, 3.05) is 19.7 Å². The Morgan fingerprint density at radius 2 is 2.00 bits per heavy atom. The lowest BCUT2D eigenvalue weighted by Gasteiger charge is -2.21. The van der Waals surface area contributed by atoms with E-state index >= 15 is 0 Å². The molecule has 1 aliphatic carbocycles. The second kappa shape index (κ2) is 6.08. The Hall–Kier alpha value is -1.52. The third kappa shape index (κ3) is 3.08. The number of rotatable bonds is 4. The summed E-state index contributed by atoms with van der Waals surface area (Å²) in [6.07, 6.45) is 5.61. The third-order valence-corrected chi connectivity index (χ3v) is 4.27. The lowest BCUT2D eigenvalue weighted by atomic mass is 9.83. The van der Waals surface area contributed by atoms with Crippen molar-refractivity contribution >= 4 is 12.1 Å². The molecule has 0 aromatic rings. The van der Waals surface area contributed by atoms with Crippen LogP contribution >= 0.6 is 0 Å². The van der Waals surface area contributed by atoms with Crippen LogP contribution in [0.1, 0.15) is 25.7 Å². The molecule has 2 fully saturated rings. The fraction of sp³-hybridized carbons (Fsp3) is 0.714. The summed E-state index contributed by atoms with van der Waals surface area (Å²) in [4.78, 5) is 24.7. The molecule has 0 aromatic carbocycles. The van der Waals surface area contributed by atoms with Crippen molar-refractivity contribution < 1.29 is 19.4 Å². The largest absolute Gasteiger partial charge is 0.481 e. The van der Waals surface area contributed by atoms with Crippen molar-refractivity contribution in [3.63, 3.8) is 0 Å². The van der Waals surface area contributed by atoms with Gasteiger partial charge in [-0.1, -0.05) is 38.3 Å². The number of aliphatic carboxylic acids is 1. The Balaban J connectivity index is 2.00. The fourth-order valence-corrected chi connectivity index (χ4v) is 3.32. The van der Waals surface area contributed by atoms with Crippen molar-refractivity contribution in [2.45, 2.75) is 25.7 Å². The molecule has 5 nitrogen and oxygen atoms in total. The van der Waals surface area contributed by atoms with E-state index in [2.05, 4.69) is 6.58 Å². The molecule has 19 heavy (non-hydrogen) atoms. The molecule has 0 aromatic heterocycles. The maximum Gasteiger partial charge on any atom is 0.410 e. The summed E-state index contributed by atoms with van der Waals surface area (Å²) in [7, 11) is 0. The first-order valence-electron chi connectivity index (χ1n) is 6.89. The summed E-state index contributed by atoms with van der Waals surface area (Å²) in [5.74, 6) is -0.718. The Kier molecular flexibility index (Phi) is 4.45. The summed E-state index contributed by atoms with van der Waals surface area (Å²) < 4.78 is 4.99. The first-order chi connectivity index (χ1) is 9.13. The average molecular weight is 267 g/mol. The van der Waals surface area contributed by atoms with Crippen LogP contribution in [0.15, 0.2) is 12.7 Å². The van der Waals surface area contributed by atoms with Crippen LogP contribution in [0.2, 0.25) is 0 Å². The van der Waals surface area contributed by atoms with Gasteiger partial charge in [0.25, 0.3) is 0 Å². The quantitative estimate of drug-likeness (QED) is 0.792. The number of nitrogens with zero attached hydrogens (tertiary/aromatic N) is 1. The van der Waals surface area contributed by atoms with Gasteiger partial charge in [-0.15, -0.1) is 0 Å². The molecule has 2 rings (SSSR count). The highest BCUT2D eigenvalue weighted by atomic mass is 16.6. The van der Waals surface area contributed by atoms with Gasteiger partial charge >= 0.3 is 12.1 Å². The third-order valence-electron chi connectivity index (χ3n) is 4.27. The minimum atomic E-state index is -0.795. The average Bonchev–Trinajstić information content (AvgIpc) is 3.03. The van der Waals surface area contributed by atoms with E-state index < -0.39 is 18.0 Å². The van der Waals surface area contributed by atoms with E-state index in [1.54, 1.807) is 0 Å². The van der Waals surface area contributed by atoms with Gasteiger partial charge in [-0.3, -0.25) is 4.79 Å². The standard InChI is InChI=1S/C14H21NO4/c1-2-7-19-14(18)15-8-11(10-5-3-4-6-10)12(9-15)13(16)17/h2,10-12H,1,3-9H2,(H,16,17)/t11-,12+/m0/s1. The molecule has 2 aliphatic rings. The van der Waals surface area contributed by atoms with E-state index in [0.717, 1.165) is 12.8 Å². The number of amides is 1. The van der Waals surface area contributed by atoms with Gasteiger partial charge in [0.05, 0.1) is 5.92 Å². The van der Waals surface area contributed by atoms with Gasteiger partial charge in [-0.2, -0.15) is 0 Å². The summed E-state index contributed by atoms with van der Waals surface area (Å²) in [6.45, 7) is 4.44. The van der Waals surface area contributed by atoms with Crippen molar-refractivity contribution in [3.05, 3.63) is 12.7 Å². The lowest BCUT2D eigenvalue weighted by molar-refractivity contribution is -0.143. The molecule has 1 saturated carbocycles. The fourth-order valence-electron chi connectivity index (χ4n) is 3.32. The topological polar surface area (TPSA) is 66.8 Å². The lowest BCUT2D eigenvalue weighted by Crippen LogP contribution is -2.30. The van der Waals surface area contributed by atoms with E-state index in [-0.39, 0.29) is 19.1 Å². The first-order valence-corrected chi connectivity index (χ1v) is 6.89. The van der Waals surface area contributed by atoms with E-state index in [4.69, 9.17) is 4.74 Å². The second-order valence-electron chi connectivity index (χ2n) is 5.42. The predicted octanol–water partition coefficient (Wildman–Crippen LogP) is 2.13. The molecule has 1 N–H and O–H groups in total. The van der Waals surface area contributed by atoms with Gasteiger partial charge in [0.2, 0.25) is 0 Å². The van der Waals surface area contributed by atoms with Crippen molar-refractivity contribution in [1.82, 2.24) is 4.90 Å². The molecular formula is C14H21NO4. The van der Waals surface area contributed by atoms with Crippen LogP contribution < -0.4 is 0 Å². The van der Waals surface area contributed by atoms with Gasteiger partial charge in [-0.05, 0) is 11.8 Å². The molecule has 0 bridgehead atoms. The van der Waals surface area contributed by atoms with Crippen LogP contribution in [0.3, 0.4) is 0 Å². The van der Waals surface area contributed by atoms with Crippen LogP contribution in [0.25, 0.3) is 0 Å². The number of ether oxygens (including phenoxy) is 1. The smallest absolute Gasteiger partial charge is 0.410 e. The Morgan fingerprint density at radius 3 is 2.58 bits per heavy atom. The Labute approximate surface area is 113 Å². The van der Waals surface area contributed by atoms with Gasteiger partial charge in [0, 0.05) is 13.1 Å². The Bertz CT molecular complexity index is 362. The molecule has 1 aliphatic heterocycles. The van der Waals surface area contributed by atoms with Crippen LogP contribution in [-0.2, 0) is 9.53 Å². The molecule has 2 atom stereocenters. The Morgan fingerprint density at radius 1 is 1.32 bits per heavy atom. The summed E-state index contributed by atoms with van der Waals surface area (Å²) in [6, 6.07) is 0. The number of carboxylic acids is 1. The highest BCUT2D eigenvalue weighted by molar-refractivity contribution is 5.74. The van der Waals surface area contributed by atoms with Crippen molar-refractivity contribution in [3.8, 4) is 0 Å². The monoisotopic (exact) mass is 267 g/mol. The number of hydrogen-bond acceptors (Lipinski definition) is 3. The molecule has 0 spiro atoms. The predicted molar refractivity (Wildman–Crippen MR) is 69.7 cm³/mol. The van der Waals surface area contributed by atoms with E-state index in [1.807, 2.05) is 0 Å². The summed E-state index contributed by atoms with van der Waals surface area (Å²) in [5, 5.41) is 9.32. The second-order valence-corrected chi connectivity index (χ2v) is 5.42. The highest BCUT2D eigenvalue weighted by Crippen LogP contribution is 2.39. The highest BCUT2D eigenvalue weighted by Gasteiger charge is 2.44. The maximum absolute atomic E-state index is 11.8. The van der Waals surface area contributed by atoms with Crippen LogP contribution in [0.5, 0.6) is 0 Å². The van der Waals surface area contributed by atoms with E-state index in [0.29, 0.717) is 12.5 Å². The zero-order valence-corrected chi connectivity index (χ0v) is 11.1. The minimum Gasteiger partial charge on any atom is -0.481 e. The van der Waals surface area contributed by atoms with E-state index in [9.17, 15) is 14.7 Å². The molecule has 5 heteroatoms. The van der Waals surface area contributed by atoms with E-state index in [1.165, 1.54) is 23.8 Å². The summed E-state index contributed by atoms with van der Waals surface area (Å²) >= 11 is 0. The van der Waals surface area contributed by atoms with Crippen molar-refractivity contribution in [1.29, 1.82) is 0 Å². The normalized spacial score (nSPS) is 27.5. The molecule has 1 saturated heterocycles. The molecular weight excluding hydrogens is 246 g/mol. The number of carbonyl (C=O) groups is 2. The zero-order valence-electron chi connectivity index (χ0n) is 11.1. The van der Waals surface area contributed by atoms with Crippen LogP contribution in [-0.4, -0.2) is 41.8 Å². The number of carboxylic acid groups (broad SMARTS) is 1.